The molecule has 0 bridgehead atoms. The fourth-order valence-corrected chi connectivity index (χ4v) is 4.17. The summed E-state index contributed by atoms with van der Waals surface area (Å²) in [6.07, 6.45) is 1.82. The van der Waals surface area contributed by atoms with Crippen molar-refractivity contribution in [2.75, 3.05) is 23.3 Å². The number of hydrogen-bond acceptors (Lipinski definition) is 7. The van der Waals surface area contributed by atoms with Crippen LogP contribution < -0.4 is 10.2 Å². The highest BCUT2D eigenvalue weighted by molar-refractivity contribution is 7.10. The SMILES string of the molecule is Cc1cc(NC(=O)[C@@H]2CCCN(c3ccc(-n4nc(C)cc4C)nn3)C2)sn1. The predicted octanol–water partition coefficient (Wildman–Crippen LogP) is 2.90. The molecule has 1 fully saturated rings. The number of aromatic nitrogens is 5. The molecule has 146 valence electrons. The largest absolute Gasteiger partial charge is 0.354 e. The fraction of sp³-hybridized carbons (Fsp3) is 0.421. The van der Waals surface area contributed by atoms with E-state index in [2.05, 4.69) is 29.9 Å². The maximum Gasteiger partial charge on any atom is 0.229 e. The van der Waals surface area contributed by atoms with Crippen LogP contribution in [-0.4, -0.2) is 43.3 Å². The van der Waals surface area contributed by atoms with Gasteiger partial charge in [-0.3, -0.25) is 4.79 Å². The van der Waals surface area contributed by atoms with E-state index in [9.17, 15) is 4.79 Å². The number of nitrogens with one attached hydrogen (secondary N) is 1. The van der Waals surface area contributed by atoms with Crippen LogP contribution in [0.3, 0.4) is 0 Å². The van der Waals surface area contributed by atoms with Crippen molar-refractivity contribution in [3.05, 3.63) is 41.3 Å². The molecule has 1 aliphatic rings. The van der Waals surface area contributed by atoms with Crippen molar-refractivity contribution >= 4 is 28.3 Å². The van der Waals surface area contributed by atoms with Gasteiger partial charge in [0, 0.05) is 18.8 Å². The van der Waals surface area contributed by atoms with Crippen molar-refractivity contribution in [1.29, 1.82) is 0 Å². The summed E-state index contributed by atoms with van der Waals surface area (Å²) in [7, 11) is 0. The van der Waals surface area contributed by atoms with E-state index in [1.54, 1.807) is 4.68 Å². The predicted molar refractivity (Wildman–Crippen MR) is 109 cm³/mol. The first kappa shape index (κ1) is 18.5. The summed E-state index contributed by atoms with van der Waals surface area (Å²) in [5, 5.41) is 17.0. The summed E-state index contributed by atoms with van der Waals surface area (Å²) in [6.45, 7) is 7.38. The highest BCUT2D eigenvalue weighted by Gasteiger charge is 2.27. The lowest BCUT2D eigenvalue weighted by molar-refractivity contribution is -0.120. The Kier molecular flexibility index (Phi) is 5.08. The molecule has 4 rings (SSSR count). The molecule has 0 spiro atoms. The second kappa shape index (κ2) is 7.67. The van der Waals surface area contributed by atoms with Gasteiger partial charge in [0.1, 0.15) is 5.00 Å². The Bertz CT molecular complexity index is 979. The van der Waals surface area contributed by atoms with Gasteiger partial charge in [-0.05, 0) is 69.4 Å². The van der Waals surface area contributed by atoms with Crippen LogP contribution in [-0.2, 0) is 4.79 Å². The van der Waals surface area contributed by atoms with Gasteiger partial charge >= 0.3 is 0 Å². The smallest absolute Gasteiger partial charge is 0.229 e. The van der Waals surface area contributed by atoms with Crippen LogP contribution >= 0.6 is 11.5 Å². The van der Waals surface area contributed by atoms with Gasteiger partial charge in [0.25, 0.3) is 0 Å². The number of piperidine rings is 1. The molecule has 3 aromatic heterocycles. The zero-order valence-corrected chi connectivity index (χ0v) is 17.0. The van der Waals surface area contributed by atoms with Crippen molar-refractivity contribution < 1.29 is 4.79 Å². The van der Waals surface area contributed by atoms with E-state index in [1.807, 2.05) is 45.0 Å². The molecule has 9 heteroatoms. The lowest BCUT2D eigenvalue weighted by atomic mass is 9.97. The van der Waals surface area contributed by atoms with Gasteiger partial charge in [-0.2, -0.15) is 9.47 Å². The van der Waals surface area contributed by atoms with Gasteiger partial charge in [0.05, 0.1) is 17.3 Å². The molecule has 1 N–H and O–H groups in total. The molecule has 0 aromatic carbocycles. The number of hydrogen-bond donors (Lipinski definition) is 1. The molecule has 28 heavy (non-hydrogen) atoms. The summed E-state index contributed by atoms with van der Waals surface area (Å²) >= 11 is 1.32. The first-order chi connectivity index (χ1) is 13.5. The quantitative estimate of drug-likeness (QED) is 0.728. The molecule has 0 aliphatic carbocycles. The number of carbonyl (C=O) groups excluding carboxylic acids is 1. The first-order valence-corrected chi connectivity index (χ1v) is 10.1. The number of carbonyl (C=O) groups is 1. The molecule has 1 atom stereocenters. The van der Waals surface area contributed by atoms with Crippen LogP contribution in [0.1, 0.15) is 29.9 Å². The minimum absolute atomic E-state index is 0.0422. The molecular formula is C19H23N7OS. The van der Waals surface area contributed by atoms with Crippen molar-refractivity contribution in [3.63, 3.8) is 0 Å². The third-order valence-corrected chi connectivity index (χ3v) is 5.65. The van der Waals surface area contributed by atoms with E-state index in [-0.39, 0.29) is 11.8 Å². The minimum atomic E-state index is -0.0753. The van der Waals surface area contributed by atoms with E-state index in [0.717, 1.165) is 47.3 Å². The van der Waals surface area contributed by atoms with Gasteiger partial charge in [-0.15, -0.1) is 10.2 Å². The lowest BCUT2D eigenvalue weighted by Crippen LogP contribution is -2.41. The summed E-state index contributed by atoms with van der Waals surface area (Å²) in [5.74, 6) is 1.45. The number of nitrogens with zero attached hydrogens (tertiary/aromatic N) is 6. The lowest BCUT2D eigenvalue weighted by Gasteiger charge is -2.32. The molecular weight excluding hydrogens is 374 g/mol. The van der Waals surface area contributed by atoms with Crippen LogP contribution in [0.4, 0.5) is 10.8 Å². The molecule has 8 nitrogen and oxygen atoms in total. The fourth-order valence-electron chi connectivity index (χ4n) is 3.51. The highest BCUT2D eigenvalue weighted by atomic mass is 32.1. The molecule has 1 amide bonds. The van der Waals surface area contributed by atoms with Gasteiger partial charge in [0.2, 0.25) is 5.91 Å². The minimum Gasteiger partial charge on any atom is -0.354 e. The number of anilines is 2. The first-order valence-electron chi connectivity index (χ1n) is 9.36. The number of aryl methyl sites for hydroxylation is 3. The Labute approximate surface area is 167 Å². The second-order valence-corrected chi connectivity index (χ2v) is 8.00. The van der Waals surface area contributed by atoms with E-state index in [4.69, 9.17) is 0 Å². The Hall–Kier alpha value is -2.81. The zero-order chi connectivity index (χ0) is 19.7. The third-order valence-electron chi connectivity index (χ3n) is 4.85. The standard InChI is InChI=1S/C19H23N7OS/c1-12-9-14(3)26(23-12)17-7-6-16(21-22-17)25-8-4-5-15(11-25)19(27)20-18-10-13(2)24-28-18/h6-7,9-10,15H,4-5,8,11H2,1-3H3,(H,20,27)/t15-/m1/s1. The Balaban J connectivity index is 1.44. The maximum atomic E-state index is 12.6. The van der Waals surface area contributed by atoms with Crippen LogP contribution in [0, 0.1) is 26.7 Å². The van der Waals surface area contributed by atoms with E-state index in [0.29, 0.717) is 12.4 Å². The topological polar surface area (TPSA) is 88.8 Å². The number of rotatable bonds is 4. The van der Waals surface area contributed by atoms with Gasteiger partial charge in [-0.1, -0.05) is 0 Å². The third kappa shape index (κ3) is 3.89. The molecule has 1 saturated heterocycles. The Morgan fingerprint density at radius 2 is 1.93 bits per heavy atom. The highest BCUT2D eigenvalue weighted by Crippen LogP contribution is 2.24. The average molecular weight is 398 g/mol. The van der Waals surface area contributed by atoms with Crippen molar-refractivity contribution in [2.45, 2.75) is 33.6 Å². The summed E-state index contributed by atoms with van der Waals surface area (Å²) in [4.78, 5) is 14.8. The van der Waals surface area contributed by atoms with Crippen LogP contribution in [0.25, 0.3) is 5.82 Å². The van der Waals surface area contributed by atoms with Crippen molar-refractivity contribution in [2.24, 2.45) is 5.92 Å². The van der Waals surface area contributed by atoms with E-state index >= 15 is 0 Å². The summed E-state index contributed by atoms with van der Waals surface area (Å²) in [6, 6.07) is 7.78. The zero-order valence-electron chi connectivity index (χ0n) is 16.2. The van der Waals surface area contributed by atoms with E-state index < -0.39 is 0 Å². The van der Waals surface area contributed by atoms with Crippen LogP contribution in [0.15, 0.2) is 24.3 Å². The van der Waals surface area contributed by atoms with Gasteiger partial charge < -0.3 is 10.2 Å². The molecule has 0 radical (unpaired) electrons. The summed E-state index contributed by atoms with van der Waals surface area (Å²) in [5.41, 5.74) is 2.89. The Morgan fingerprint density at radius 3 is 2.57 bits per heavy atom. The molecule has 0 saturated carbocycles. The molecule has 3 aromatic rings. The number of amides is 1. The monoisotopic (exact) mass is 397 g/mol. The average Bonchev–Trinajstić information content (AvgIpc) is 3.26. The van der Waals surface area contributed by atoms with E-state index in [1.165, 1.54) is 11.5 Å². The summed E-state index contributed by atoms with van der Waals surface area (Å²) < 4.78 is 6.00. The van der Waals surface area contributed by atoms with Crippen molar-refractivity contribution in [3.8, 4) is 5.82 Å². The van der Waals surface area contributed by atoms with Gasteiger partial charge in [-0.25, -0.2) is 4.68 Å². The maximum absolute atomic E-state index is 12.6. The van der Waals surface area contributed by atoms with Gasteiger partial charge in [0.15, 0.2) is 11.6 Å². The molecule has 4 heterocycles. The normalized spacial score (nSPS) is 17.0. The second-order valence-electron chi connectivity index (χ2n) is 7.20. The van der Waals surface area contributed by atoms with Crippen LogP contribution in [0.2, 0.25) is 0 Å². The Morgan fingerprint density at radius 1 is 1.14 bits per heavy atom. The molecule has 1 aliphatic heterocycles. The van der Waals surface area contributed by atoms with Crippen molar-refractivity contribution in [1.82, 2.24) is 24.4 Å². The molecule has 0 unspecified atom stereocenters. The van der Waals surface area contributed by atoms with Crippen LogP contribution in [0.5, 0.6) is 0 Å².